The monoisotopic (exact) mass is 196 g/mol. The van der Waals surface area contributed by atoms with Gasteiger partial charge in [0.05, 0.1) is 0 Å². The quantitative estimate of drug-likeness (QED) is 0.727. The van der Waals surface area contributed by atoms with Gasteiger partial charge in [0.2, 0.25) is 0 Å². The normalized spacial score (nSPS) is 27.0. The second-order valence-corrected chi connectivity index (χ2v) is 4.94. The van der Waals surface area contributed by atoms with Crippen molar-refractivity contribution in [2.24, 2.45) is 0 Å². The van der Waals surface area contributed by atoms with Crippen molar-refractivity contribution in [2.45, 2.75) is 57.0 Å². The molecule has 2 heteroatoms. The summed E-state index contributed by atoms with van der Waals surface area (Å²) in [5.74, 6) is 0. The first-order chi connectivity index (χ1) is 6.88. The molecule has 2 rings (SSSR count). The SMILES string of the molecule is CN(C1CCCCC1)C1CCNCC1. The molecule has 0 bridgehead atoms. The zero-order valence-electron chi connectivity index (χ0n) is 9.47. The highest BCUT2D eigenvalue weighted by atomic mass is 15.2. The second kappa shape index (κ2) is 5.13. The highest BCUT2D eigenvalue weighted by Crippen LogP contribution is 2.25. The van der Waals surface area contributed by atoms with Gasteiger partial charge in [0, 0.05) is 12.1 Å². The van der Waals surface area contributed by atoms with Gasteiger partial charge in [0.25, 0.3) is 0 Å². The molecule has 1 heterocycles. The van der Waals surface area contributed by atoms with Gasteiger partial charge in [-0.25, -0.2) is 0 Å². The van der Waals surface area contributed by atoms with Crippen LogP contribution in [0.15, 0.2) is 0 Å². The van der Waals surface area contributed by atoms with Crippen LogP contribution in [0.1, 0.15) is 44.9 Å². The lowest BCUT2D eigenvalue weighted by Crippen LogP contribution is -2.46. The average molecular weight is 196 g/mol. The summed E-state index contributed by atoms with van der Waals surface area (Å²) in [6.07, 6.45) is 9.98. The third-order valence-electron chi connectivity index (χ3n) is 4.04. The van der Waals surface area contributed by atoms with Gasteiger partial charge in [0.15, 0.2) is 0 Å². The molecule has 0 aromatic carbocycles. The molecule has 0 spiro atoms. The van der Waals surface area contributed by atoms with Crippen molar-refractivity contribution in [3.8, 4) is 0 Å². The van der Waals surface area contributed by atoms with E-state index in [9.17, 15) is 0 Å². The molecular weight excluding hydrogens is 172 g/mol. The molecule has 0 unspecified atom stereocenters. The maximum atomic E-state index is 3.45. The lowest BCUT2D eigenvalue weighted by Gasteiger charge is -2.39. The predicted octanol–water partition coefficient (Wildman–Crippen LogP) is 2.00. The molecule has 1 saturated carbocycles. The molecule has 2 aliphatic rings. The van der Waals surface area contributed by atoms with Crippen LogP contribution < -0.4 is 5.32 Å². The molecule has 1 aliphatic heterocycles. The summed E-state index contributed by atoms with van der Waals surface area (Å²) >= 11 is 0. The fourth-order valence-electron chi connectivity index (χ4n) is 3.00. The predicted molar refractivity (Wildman–Crippen MR) is 60.5 cm³/mol. The molecule has 0 aromatic rings. The third-order valence-corrected chi connectivity index (χ3v) is 4.04. The van der Waals surface area contributed by atoms with Gasteiger partial charge >= 0.3 is 0 Å². The summed E-state index contributed by atoms with van der Waals surface area (Å²) in [5, 5.41) is 3.45. The topological polar surface area (TPSA) is 15.3 Å². The molecular formula is C12H24N2. The van der Waals surface area contributed by atoms with E-state index in [1.54, 1.807) is 0 Å². The molecule has 1 N–H and O–H groups in total. The average Bonchev–Trinajstić information content (AvgIpc) is 2.30. The first-order valence-electron chi connectivity index (χ1n) is 6.30. The highest BCUT2D eigenvalue weighted by molar-refractivity contribution is 4.82. The van der Waals surface area contributed by atoms with Gasteiger partial charge in [0.1, 0.15) is 0 Å². The van der Waals surface area contributed by atoms with E-state index in [0.717, 1.165) is 12.1 Å². The number of rotatable bonds is 2. The van der Waals surface area contributed by atoms with E-state index >= 15 is 0 Å². The lowest BCUT2D eigenvalue weighted by molar-refractivity contribution is 0.115. The standard InChI is InChI=1S/C12H24N2/c1-14(11-5-3-2-4-6-11)12-7-9-13-10-8-12/h11-13H,2-10H2,1H3. The smallest absolute Gasteiger partial charge is 0.0119 e. The summed E-state index contributed by atoms with van der Waals surface area (Å²) in [4.78, 5) is 2.68. The highest BCUT2D eigenvalue weighted by Gasteiger charge is 2.25. The number of nitrogens with one attached hydrogen (secondary N) is 1. The van der Waals surface area contributed by atoms with Crippen LogP contribution in [0.25, 0.3) is 0 Å². The van der Waals surface area contributed by atoms with E-state index in [-0.39, 0.29) is 0 Å². The van der Waals surface area contributed by atoms with E-state index in [0.29, 0.717) is 0 Å². The number of hydrogen-bond donors (Lipinski definition) is 1. The molecule has 0 aromatic heterocycles. The van der Waals surface area contributed by atoms with Crippen LogP contribution in [0.5, 0.6) is 0 Å². The summed E-state index contributed by atoms with van der Waals surface area (Å²) < 4.78 is 0. The molecule has 2 nitrogen and oxygen atoms in total. The van der Waals surface area contributed by atoms with Crippen LogP contribution >= 0.6 is 0 Å². The van der Waals surface area contributed by atoms with Crippen LogP contribution in [0.2, 0.25) is 0 Å². The lowest BCUT2D eigenvalue weighted by atomic mass is 9.92. The molecule has 1 aliphatic carbocycles. The summed E-state index contributed by atoms with van der Waals surface area (Å²) in [6.45, 7) is 2.45. The summed E-state index contributed by atoms with van der Waals surface area (Å²) in [5.41, 5.74) is 0. The van der Waals surface area contributed by atoms with E-state index in [4.69, 9.17) is 0 Å². The summed E-state index contributed by atoms with van der Waals surface area (Å²) in [7, 11) is 2.35. The molecule has 1 saturated heterocycles. The Bertz CT molecular complexity index is 140. The van der Waals surface area contributed by atoms with Crippen molar-refractivity contribution >= 4 is 0 Å². The van der Waals surface area contributed by atoms with Crippen LogP contribution in [-0.4, -0.2) is 37.1 Å². The Balaban J connectivity index is 1.82. The van der Waals surface area contributed by atoms with Crippen molar-refractivity contribution in [1.29, 1.82) is 0 Å². The van der Waals surface area contributed by atoms with Gasteiger partial charge in [-0.05, 0) is 45.8 Å². The van der Waals surface area contributed by atoms with Gasteiger partial charge < -0.3 is 10.2 Å². The summed E-state index contributed by atoms with van der Waals surface area (Å²) in [6, 6.07) is 1.76. The number of hydrogen-bond acceptors (Lipinski definition) is 2. The molecule has 0 radical (unpaired) electrons. The maximum absolute atomic E-state index is 3.45. The van der Waals surface area contributed by atoms with E-state index in [1.807, 2.05) is 0 Å². The Hall–Kier alpha value is -0.0800. The Morgan fingerprint density at radius 3 is 2.07 bits per heavy atom. The van der Waals surface area contributed by atoms with Crippen LogP contribution in [0.3, 0.4) is 0 Å². The zero-order chi connectivity index (χ0) is 9.80. The van der Waals surface area contributed by atoms with Crippen molar-refractivity contribution in [1.82, 2.24) is 10.2 Å². The Morgan fingerprint density at radius 1 is 0.857 bits per heavy atom. The Labute approximate surface area is 88.1 Å². The second-order valence-electron chi connectivity index (χ2n) is 4.94. The zero-order valence-corrected chi connectivity index (χ0v) is 9.47. The van der Waals surface area contributed by atoms with E-state index in [1.165, 1.54) is 58.0 Å². The van der Waals surface area contributed by atoms with Gasteiger partial charge in [-0.1, -0.05) is 19.3 Å². The minimum absolute atomic E-state index is 0.861. The molecule has 2 fully saturated rings. The largest absolute Gasteiger partial charge is 0.317 e. The minimum Gasteiger partial charge on any atom is -0.317 e. The van der Waals surface area contributed by atoms with Crippen molar-refractivity contribution < 1.29 is 0 Å². The van der Waals surface area contributed by atoms with Gasteiger partial charge in [-0.2, -0.15) is 0 Å². The molecule has 0 amide bonds. The van der Waals surface area contributed by atoms with Crippen molar-refractivity contribution in [3.05, 3.63) is 0 Å². The van der Waals surface area contributed by atoms with Gasteiger partial charge in [-0.3, -0.25) is 0 Å². The third kappa shape index (κ3) is 2.48. The molecule has 14 heavy (non-hydrogen) atoms. The molecule has 82 valence electrons. The van der Waals surface area contributed by atoms with Crippen LogP contribution in [-0.2, 0) is 0 Å². The van der Waals surface area contributed by atoms with Crippen LogP contribution in [0, 0.1) is 0 Å². The number of piperidine rings is 1. The Morgan fingerprint density at radius 2 is 1.43 bits per heavy atom. The van der Waals surface area contributed by atoms with Gasteiger partial charge in [-0.15, -0.1) is 0 Å². The van der Waals surface area contributed by atoms with E-state index < -0.39 is 0 Å². The maximum Gasteiger partial charge on any atom is 0.0119 e. The fraction of sp³-hybridized carbons (Fsp3) is 1.00. The van der Waals surface area contributed by atoms with Crippen LogP contribution in [0.4, 0.5) is 0 Å². The fourth-order valence-corrected chi connectivity index (χ4v) is 3.00. The first-order valence-corrected chi connectivity index (χ1v) is 6.30. The number of nitrogens with zero attached hydrogens (tertiary/aromatic N) is 1. The Kier molecular flexibility index (Phi) is 3.82. The van der Waals surface area contributed by atoms with Crippen molar-refractivity contribution in [2.75, 3.05) is 20.1 Å². The molecule has 0 atom stereocenters. The minimum atomic E-state index is 0.861. The van der Waals surface area contributed by atoms with E-state index in [2.05, 4.69) is 17.3 Å². The first kappa shape index (κ1) is 10.4. The van der Waals surface area contributed by atoms with Crippen molar-refractivity contribution in [3.63, 3.8) is 0 Å².